The summed E-state index contributed by atoms with van der Waals surface area (Å²) in [6.45, 7) is 3.92. The Hall–Kier alpha value is -0.430. The maximum atomic E-state index is 12.6. The lowest BCUT2D eigenvalue weighted by Crippen LogP contribution is -2.30. The summed E-state index contributed by atoms with van der Waals surface area (Å²) in [6, 6.07) is 5.30. The van der Waals surface area contributed by atoms with Crippen molar-refractivity contribution >= 4 is 26.0 Å². The van der Waals surface area contributed by atoms with Gasteiger partial charge in [0.05, 0.1) is 4.90 Å². The minimum Gasteiger partial charge on any atom is -0.319 e. The van der Waals surface area contributed by atoms with Gasteiger partial charge in [0.15, 0.2) is 0 Å². The van der Waals surface area contributed by atoms with Gasteiger partial charge in [0, 0.05) is 17.6 Å². The molecule has 4 nitrogen and oxygen atoms in total. The molecule has 0 radical (unpaired) electrons. The maximum Gasteiger partial charge on any atom is 0.243 e. The van der Waals surface area contributed by atoms with Gasteiger partial charge in [-0.2, -0.15) is 4.31 Å². The van der Waals surface area contributed by atoms with Crippen LogP contribution in [0.5, 0.6) is 0 Å². The summed E-state index contributed by atoms with van der Waals surface area (Å²) in [5, 5.41) is 3.11. The molecule has 2 rings (SSSR count). The van der Waals surface area contributed by atoms with Gasteiger partial charge in [0.25, 0.3) is 0 Å². The number of nitrogens with zero attached hydrogens (tertiary/aromatic N) is 1. The van der Waals surface area contributed by atoms with Crippen molar-refractivity contribution in [3.8, 4) is 0 Å². The van der Waals surface area contributed by atoms with E-state index in [9.17, 15) is 8.42 Å². The summed E-state index contributed by atoms with van der Waals surface area (Å²) in [4.78, 5) is 0.417. The normalized spacial score (nSPS) is 20.9. The lowest BCUT2D eigenvalue weighted by molar-refractivity contribution is 0.451. The first-order chi connectivity index (χ1) is 8.95. The molecule has 6 heteroatoms. The molecular formula is C13H19BrN2O2S. The predicted molar refractivity (Wildman–Crippen MR) is 79.7 cm³/mol. The van der Waals surface area contributed by atoms with Crippen LogP contribution in [0.4, 0.5) is 0 Å². The van der Waals surface area contributed by atoms with Crippen LogP contribution in [0.15, 0.2) is 27.6 Å². The average molecular weight is 347 g/mol. The largest absolute Gasteiger partial charge is 0.319 e. The Labute approximate surface area is 123 Å². The fourth-order valence-electron chi connectivity index (χ4n) is 2.51. The van der Waals surface area contributed by atoms with Crippen molar-refractivity contribution in [2.75, 3.05) is 26.7 Å². The minimum atomic E-state index is -3.35. The van der Waals surface area contributed by atoms with Crippen molar-refractivity contribution in [3.05, 3.63) is 28.2 Å². The molecule has 1 heterocycles. The Morgan fingerprint density at radius 1 is 1.47 bits per heavy atom. The van der Waals surface area contributed by atoms with Crippen molar-refractivity contribution < 1.29 is 8.42 Å². The van der Waals surface area contributed by atoms with E-state index in [2.05, 4.69) is 21.2 Å². The predicted octanol–water partition coefficient (Wildman–Crippen LogP) is 1.99. The van der Waals surface area contributed by atoms with Gasteiger partial charge in [-0.25, -0.2) is 8.42 Å². The third kappa shape index (κ3) is 3.18. The number of aryl methyl sites for hydroxylation is 1. The number of sulfonamides is 1. The summed E-state index contributed by atoms with van der Waals surface area (Å²) < 4.78 is 27.7. The van der Waals surface area contributed by atoms with E-state index in [1.54, 1.807) is 16.4 Å². The lowest BCUT2D eigenvalue weighted by atomic mass is 10.1. The third-order valence-corrected chi connectivity index (χ3v) is 6.01. The third-order valence-electron chi connectivity index (χ3n) is 3.50. The molecule has 1 fully saturated rings. The fraction of sp³-hybridized carbons (Fsp3) is 0.538. The van der Waals surface area contributed by atoms with E-state index in [0.29, 0.717) is 23.9 Å². The van der Waals surface area contributed by atoms with E-state index in [1.807, 2.05) is 20.0 Å². The molecule has 1 N–H and O–H groups in total. The van der Waals surface area contributed by atoms with Crippen molar-refractivity contribution in [1.82, 2.24) is 9.62 Å². The molecule has 1 saturated heterocycles. The average Bonchev–Trinajstić information content (AvgIpc) is 2.78. The van der Waals surface area contributed by atoms with Gasteiger partial charge >= 0.3 is 0 Å². The van der Waals surface area contributed by atoms with Gasteiger partial charge in [0.1, 0.15) is 0 Å². The zero-order valence-electron chi connectivity index (χ0n) is 11.2. The first-order valence-corrected chi connectivity index (χ1v) is 8.59. The zero-order valence-corrected chi connectivity index (χ0v) is 13.6. The molecule has 1 aromatic carbocycles. The van der Waals surface area contributed by atoms with Gasteiger partial charge in [-0.1, -0.05) is 15.9 Å². The smallest absolute Gasteiger partial charge is 0.243 e. The van der Waals surface area contributed by atoms with Crippen LogP contribution in [0, 0.1) is 12.8 Å². The number of nitrogens with one attached hydrogen (secondary N) is 1. The highest BCUT2D eigenvalue weighted by Gasteiger charge is 2.32. The molecule has 0 saturated carbocycles. The molecule has 1 aliphatic rings. The molecule has 1 atom stereocenters. The van der Waals surface area contributed by atoms with Crippen molar-refractivity contribution in [2.45, 2.75) is 18.2 Å². The van der Waals surface area contributed by atoms with E-state index < -0.39 is 10.0 Å². The number of benzene rings is 1. The zero-order chi connectivity index (χ0) is 14.0. The van der Waals surface area contributed by atoms with E-state index >= 15 is 0 Å². The van der Waals surface area contributed by atoms with Crippen molar-refractivity contribution in [1.29, 1.82) is 0 Å². The van der Waals surface area contributed by atoms with Crippen LogP contribution in [0.2, 0.25) is 0 Å². The molecule has 1 unspecified atom stereocenters. The topological polar surface area (TPSA) is 49.4 Å². The summed E-state index contributed by atoms with van der Waals surface area (Å²) >= 11 is 3.36. The standard InChI is InChI=1S/C13H19BrN2O2S/c1-10-7-12(14)3-4-13(10)19(17,18)16-6-5-11(9-16)8-15-2/h3-4,7,11,15H,5-6,8-9H2,1-2H3. The summed E-state index contributed by atoms with van der Waals surface area (Å²) in [5.41, 5.74) is 0.784. The van der Waals surface area contributed by atoms with Gasteiger partial charge < -0.3 is 5.32 Å². The Morgan fingerprint density at radius 3 is 2.84 bits per heavy atom. The molecule has 19 heavy (non-hydrogen) atoms. The van der Waals surface area contributed by atoms with Crippen LogP contribution in [-0.4, -0.2) is 39.4 Å². The van der Waals surface area contributed by atoms with Gasteiger partial charge in [-0.15, -0.1) is 0 Å². The van der Waals surface area contributed by atoms with Crippen LogP contribution in [-0.2, 0) is 10.0 Å². The van der Waals surface area contributed by atoms with Crippen LogP contribution in [0.3, 0.4) is 0 Å². The second kappa shape index (κ2) is 5.91. The molecule has 0 spiro atoms. The van der Waals surface area contributed by atoms with Crippen LogP contribution >= 0.6 is 15.9 Å². The van der Waals surface area contributed by atoms with E-state index in [0.717, 1.165) is 23.0 Å². The maximum absolute atomic E-state index is 12.6. The molecule has 0 aliphatic carbocycles. The number of hydrogen-bond acceptors (Lipinski definition) is 3. The quantitative estimate of drug-likeness (QED) is 0.906. The molecule has 1 aliphatic heterocycles. The van der Waals surface area contributed by atoms with Gasteiger partial charge in [-0.05, 0) is 56.6 Å². The van der Waals surface area contributed by atoms with Crippen molar-refractivity contribution in [2.24, 2.45) is 5.92 Å². The van der Waals surface area contributed by atoms with Gasteiger partial charge in [-0.3, -0.25) is 0 Å². The molecular weight excluding hydrogens is 328 g/mol. The number of hydrogen-bond donors (Lipinski definition) is 1. The lowest BCUT2D eigenvalue weighted by Gasteiger charge is -2.18. The Bertz CT molecular complexity index is 560. The van der Waals surface area contributed by atoms with Gasteiger partial charge in [0.2, 0.25) is 10.0 Å². The van der Waals surface area contributed by atoms with Crippen molar-refractivity contribution in [3.63, 3.8) is 0 Å². The highest BCUT2D eigenvalue weighted by atomic mass is 79.9. The highest BCUT2D eigenvalue weighted by Crippen LogP contribution is 2.27. The second-order valence-electron chi connectivity index (χ2n) is 4.99. The second-order valence-corrected chi connectivity index (χ2v) is 7.81. The van der Waals surface area contributed by atoms with Crippen LogP contribution in [0.25, 0.3) is 0 Å². The Kier molecular flexibility index (Phi) is 4.66. The summed E-state index contributed by atoms with van der Waals surface area (Å²) in [5.74, 6) is 0.413. The molecule has 0 amide bonds. The Balaban J connectivity index is 2.23. The van der Waals surface area contributed by atoms with Crippen LogP contribution < -0.4 is 5.32 Å². The molecule has 106 valence electrons. The number of rotatable bonds is 4. The Morgan fingerprint density at radius 2 is 2.21 bits per heavy atom. The van der Waals surface area contributed by atoms with E-state index in [4.69, 9.17) is 0 Å². The molecule has 0 bridgehead atoms. The van der Waals surface area contributed by atoms with E-state index in [-0.39, 0.29) is 0 Å². The first kappa shape index (κ1) is 15.0. The molecule has 1 aromatic rings. The highest BCUT2D eigenvalue weighted by molar-refractivity contribution is 9.10. The minimum absolute atomic E-state index is 0.413. The van der Waals surface area contributed by atoms with Crippen LogP contribution in [0.1, 0.15) is 12.0 Å². The fourth-order valence-corrected chi connectivity index (χ4v) is 4.72. The SMILES string of the molecule is CNCC1CCN(S(=O)(=O)c2ccc(Br)cc2C)C1. The number of halogens is 1. The summed E-state index contributed by atoms with van der Waals surface area (Å²) in [7, 11) is -1.45. The first-order valence-electron chi connectivity index (χ1n) is 6.36. The molecule has 0 aromatic heterocycles. The monoisotopic (exact) mass is 346 g/mol. The summed E-state index contributed by atoms with van der Waals surface area (Å²) in [6.07, 6.45) is 0.926. The van der Waals surface area contributed by atoms with E-state index in [1.165, 1.54) is 0 Å².